The lowest BCUT2D eigenvalue weighted by molar-refractivity contribution is -0.174. The summed E-state index contributed by atoms with van der Waals surface area (Å²) in [6.07, 6.45) is 15.0. The number of carbonyl (C=O) groups excluding carboxylic acids is 2. The largest absolute Gasteiger partial charge is 0.295 e. The Morgan fingerprint density at radius 1 is 1.03 bits per heavy atom. The van der Waals surface area contributed by atoms with Crippen molar-refractivity contribution in [2.24, 2.45) is 50.2 Å². The number of nitriles is 1. The molecule has 3 fully saturated rings. The summed E-state index contributed by atoms with van der Waals surface area (Å²) < 4.78 is 1.99. The van der Waals surface area contributed by atoms with Crippen LogP contribution >= 0.6 is 0 Å². The third kappa shape index (κ3) is 3.37. The van der Waals surface area contributed by atoms with Gasteiger partial charge in [-0.15, -0.1) is 5.10 Å². The average molecular weight is 529 g/mol. The summed E-state index contributed by atoms with van der Waals surface area (Å²) in [6.45, 7) is 16.6. The molecule has 39 heavy (non-hydrogen) atoms. The molecule has 0 saturated heterocycles. The maximum Gasteiger partial charge on any atom is 0.178 e. The Labute approximate surface area is 233 Å². The van der Waals surface area contributed by atoms with Crippen LogP contribution in [0.4, 0.5) is 0 Å². The van der Waals surface area contributed by atoms with Gasteiger partial charge in [-0.25, -0.2) is 0 Å². The highest BCUT2D eigenvalue weighted by Crippen LogP contribution is 2.74. The first-order valence-electron chi connectivity index (χ1n) is 14.9. The lowest BCUT2D eigenvalue weighted by Crippen LogP contribution is -2.65. The van der Waals surface area contributed by atoms with Gasteiger partial charge in [-0.2, -0.15) is 5.26 Å². The Bertz CT molecular complexity index is 1350. The van der Waals surface area contributed by atoms with Crippen LogP contribution in [-0.4, -0.2) is 26.6 Å². The van der Waals surface area contributed by atoms with Crippen molar-refractivity contribution in [3.8, 4) is 6.07 Å². The van der Waals surface area contributed by atoms with Gasteiger partial charge in [0.25, 0.3) is 0 Å². The Hall–Kier alpha value is -2.55. The molecule has 6 heteroatoms. The molecular formula is C33H44N4O2. The van der Waals surface area contributed by atoms with Crippen LogP contribution < -0.4 is 0 Å². The van der Waals surface area contributed by atoms with Crippen LogP contribution in [0.25, 0.3) is 0 Å². The Kier molecular flexibility index (Phi) is 5.48. The maximum atomic E-state index is 14.6. The van der Waals surface area contributed by atoms with Crippen molar-refractivity contribution in [1.82, 2.24) is 15.0 Å². The topological polar surface area (TPSA) is 88.6 Å². The van der Waals surface area contributed by atoms with Crippen LogP contribution in [0.3, 0.4) is 0 Å². The molecule has 1 aromatic heterocycles. The van der Waals surface area contributed by atoms with E-state index in [4.69, 9.17) is 0 Å². The fourth-order valence-corrected chi connectivity index (χ4v) is 10.7. The van der Waals surface area contributed by atoms with Gasteiger partial charge in [0.1, 0.15) is 6.07 Å². The molecule has 6 nitrogen and oxygen atoms in total. The van der Waals surface area contributed by atoms with Gasteiger partial charge >= 0.3 is 0 Å². The smallest absolute Gasteiger partial charge is 0.178 e. The summed E-state index contributed by atoms with van der Waals surface area (Å²) >= 11 is 0. The molecule has 0 spiro atoms. The number of Topliss-reactive ketones (excluding diaryl/α,β-unsaturated/α-hetero) is 1. The number of fused-ring (bicyclic) bond motifs is 7. The number of aromatic nitrogens is 3. The van der Waals surface area contributed by atoms with Gasteiger partial charge in [0.05, 0.1) is 11.8 Å². The summed E-state index contributed by atoms with van der Waals surface area (Å²) in [4.78, 5) is 27.8. The number of hydrogen-bond donors (Lipinski definition) is 0. The normalized spacial score (nSPS) is 44.1. The highest BCUT2D eigenvalue weighted by Gasteiger charge is 2.69. The zero-order chi connectivity index (χ0) is 28.2. The van der Waals surface area contributed by atoms with Crippen LogP contribution in [0.5, 0.6) is 0 Å². The lowest BCUT2D eigenvalue weighted by Gasteiger charge is -2.69. The van der Waals surface area contributed by atoms with Crippen molar-refractivity contribution in [2.75, 3.05) is 0 Å². The van der Waals surface area contributed by atoms with Crippen LogP contribution in [-0.2, 0) is 16.1 Å². The molecule has 3 saturated carbocycles. The van der Waals surface area contributed by atoms with Gasteiger partial charge in [0, 0.05) is 29.5 Å². The Morgan fingerprint density at radius 3 is 2.41 bits per heavy atom. The molecule has 6 rings (SSSR count). The van der Waals surface area contributed by atoms with Gasteiger partial charge in [0.15, 0.2) is 11.6 Å². The van der Waals surface area contributed by atoms with E-state index in [1.807, 2.05) is 36.9 Å². The molecule has 0 bridgehead atoms. The molecular weight excluding hydrogens is 484 g/mol. The predicted molar refractivity (Wildman–Crippen MR) is 149 cm³/mol. The third-order valence-electron chi connectivity index (χ3n) is 13.0. The van der Waals surface area contributed by atoms with E-state index >= 15 is 0 Å². The molecule has 5 aliphatic rings. The number of rotatable bonds is 2. The number of allylic oxidation sites excluding steroid dienone is 4. The van der Waals surface area contributed by atoms with E-state index in [0.29, 0.717) is 0 Å². The molecule has 0 N–H and O–H groups in total. The van der Waals surface area contributed by atoms with Gasteiger partial charge < -0.3 is 0 Å². The molecule has 1 heterocycles. The standard InChI is InChI=1S/C33H44N4O2/c1-28(2)10-12-33(20-37-15-14-35-36-37)13-11-32(7)26(22(33)18-28)23(38)16-25-30(5)17-21(19-34)27(39)29(3,4)24(30)8-9-31(25,32)6/h14-17,22,24,26H,8-13,18,20H2,1-7H3/t22-,24?,26-,30-,31?,32+,33+/m0/s1. The van der Waals surface area contributed by atoms with Crippen LogP contribution in [0.15, 0.2) is 35.7 Å². The van der Waals surface area contributed by atoms with E-state index in [0.717, 1.165) is 45.1 Å². The van der Waals surface area contributed by atoms with Gasteiger partial charge in [-0.05, 0) is 84.5 Å². The summed E-state index contributed by atoms with van der Waals surface area (Å²) in [6, 6.07) is 2.21. The molecule has 0 amide bonds. The van der Waals surface area contributed by atoms with Gasteiger partial charge in [-0.3, -0.25) is 14.3 Å². The van der Waals surface area contributed by atoms with Crippen molar-refractivity contribution in [3.63, 3.8) is 0 Å². The van der Waals surface area contributed by atoms with E-state index in [1.165, 1.54) is 12.0 Å². The second-order valence-electron chi connectivity index (χ2n) is 15.7. The molecule has 2 unspecified atom stereocenters. The highest BCUT2D eigenvalue weighted by atomic mass is 16.1. The van der Waals surface area contributed by atoms with E-state index in [-0.39, 0.29) is 56.6 Å². The predicted octanol–water partition coefficient (Wildman–Crippen LogP) is 6.50. The molecule has 0 radical (unpaired) electrons. The fourth-order valence-electron chi connectivity index (χ4n) is 10.7. The Balaban J connectivity index is 1.50. The zero-order valence-corrected chi connectivity index (χ0v) is 24.8. The first kappa shape index (κ1) is 26.7. The summed E-state index contributed by atoms with van der Waals surface area (Å²) in [5.41, 5.74) is 0.185. The maximum absolute atomic E-state index is 14.6. The zero-order valence-electron chi connectivity index (χ0n) is 24.8. The minimum Gasteiger partial charge on any atom is -0.295 e. The monoisotopic (exact) mass is 528 g/mol. The quantitative estimate of drug-likeness (QED) is 0.437. The Morgan fingerprint density at radius 2 is 1.74 bits per heavy atom. The fraction of sp³-hybridized carbons (Fsp3) is 0.727. The summed E-state index contributed by atoms with van der Waals surface area (Å²) in [7, 11) is 0. The van der Waals surface area contributed by atoms with Crippen molar-refractivity contribution in [2.45, 2.75) is 100.0 Å². The number of hydrogen-bond acceptors (Lipinski definition) is 5. The lowest BCUT2D eigenvalue weighted by atomic mass is 9.34. The molecule has 0 aliphatic heterocycles. The number of carbonyl (C=O) groups is 2. The van der Waals surface area contributed by atoms with E-state index < -0.39 is 10.8 Å². The van der Waals surface area contributed by atoms with E-state index in [2.05, 4.69) is 51.0 Å². The first-order valence-corrected chi connectivity index (χ1v) is 14.9. The third-order valence-corrected chi connectivity index (χ3v) is 13.0. The second kappa shape index (κ2) is 8.02. The van der Waals surface area contributed by atoms with Crippen LogP contribution in [0, 0.1) is 61.6 Å². The van der Waals surface area contributed by atoms with Crippen molar-refractivity contribution < 1.29 is 9.59 Å². The summed E-state index contributed by atoms with van der Waals surface area (Å²) in [5, 5.41) is 18.4. The molecule has 5 aliphatic carbocycles. The molecule has 0 aromatic carbocycles. The minimum atomic E-state index is -0.634. The van der Waals surface area contributed by atoms with Crippen molar-refractivity contribution in [1.29, 1.82) is 5.26 Å². The molecule has 1 aromatic rings. The SMILES string of the molecule is CC1(C)CC[C@]2(Cn3ccnn3)CC[C@]3(C)[C@H](C(=O)C=C4C3(C)CCC3C(C)(C)C(=O)C(C#N)=C[C@]43C)[C@@H]2C1. The first-order chi connectivity index (χ1) is 18.1. The second-order valence-corrected chi connectivity index (χ2v) is 15.7. The summed E-state index contributed by atoms with van der Waals surface area (Å²) in [5.74, 6) is 0.527. The minimum absolute atomic E-state index is 0.0407. The van der Waals surface area contributed by atoms with Crippen molar-refractivity contribution >= 4 is 11.6 Å². The number of nitrogens with zero attached hydrogens (tertiary/aromatic N) is 4. The van der Waals surface area contributed by atoms with Gasteiger partial charge in [-0.1, -0.05) is 65.3 Å². The van der Waals surface area contributed by atoms with E-state index in [9.17, 15) is 14.9 Å². The van der Waals surface area contributed by atoms with Crippen molar-refractivity contribution in [3.05, 3.63) is 35.7 Å². The highest BCUT2D eigenvalue weighted by molar-refractivity contribution is 6.04. The average Bonchev–Trinajstić information content (AvgIpc) is 3.36. The molecule has 208 valence electrons. The van der Waals surface area contributed by atoms with Crippen LogP contribution in [0.2, 0.25) is 0 Å². The van der Waals surface area contributed by atoms with E-state index in [1.54, 1.807) is 6.20 Å². The van der Waals surface area contributed by atoms with Gasteiger partial charge in [0.2, 0.25) is 0 Å². The number of ketones is 2. The molecule has 7 atom stereocenters. The van der Waals surface area contributed by atoms with Crippen LogP contribution in [0.1, 0.15) is 93.4 Å².